The summed E-state index contributed by atoms with van der Waals surface area (Å²) < 4.78 is 5.27. The lowest BCUT2D eigenvalue weighted by atomic mass is 10.0. The molecule has 0 atom stereocenters. The Balaban J connectivity index is 1.87. The zero-order chi connectivity index (χ0) is 13.3. The van der Waals surface area contributed by atoms with E-state index in [-0.39, 0.29) is 12.0 Å². The smallest absolute Gasteiger partial charge is 0.410 e. The fourth-order valence-electron chi connectivity index (χ4n) is 1.65. The van der Waals surface area contributed by atoms with Crippen molar-refractivity contribution in [1.29, 1.82) is 0 Å². The first-order valence-electron chi connectivity index (χ1n) is 5.78. The zero-order valence-electron chi connectivity index (χ0n) is 10.7. The summed E-state index contributed by atoms with van der Waals surface area (Å²) in [5.74, 6) is 0.233. The second-order valence-electron chi connectivity index (χ2n) is 5.30. The molecule has 1 aliphatic heterocycles. The maximum Gasteiger partial charge on any atom is 0.410 e. The second kappa shape index (κ2) is 4.68. The van der Waals surface area contributed by atoms with Crippen LogP contribution >= 0.6 is 11.3 Å². The van der Waals surface area contributed by atoms with E-state index < -0.39 is 5.60 Å². The van der Waals surface area contributed by atoms with Crippen LogP contribution in [-0.4, -0.2) is 41.0 Å². The topological polar surface area (TPSA) is 59.5 Å². The van der Waals surface area contributed by atoms with Crippen molar-refractivity contribution in [2.24, 2.45) is 0 Å². The van der Waals surface area contributed by atoms with E-state index >= 15 is 0 Å². The third-order valence-corrected chi connectivity index (χ3v) is 3.63. The Bertz CT molecular complexity index is 458. The summed E-state index contributed by atoms with van der Waals surface area (Å²) in [5, 5.41) is 0.914. The third kappa shape index (κ3) is 2.87. The summed E-state index contributed by atoms with van der Waals surface area (Å²) in [4.78, 5) is 28.7. The SMILES string of the molecule is CC(C)(C)OC(=O)N1CC(c2ncc(C=O)s2)C1. The molecule has 18 heavy (non-hydrogen) atoms. The molecule has 1 fully saturated rings. The van der Waals surface area contributed by atoms with Crippen LogP contribution in [0.25, 0.3) is 0 Å². The van der Waals surface area contributed by atoms with Gasteiger partial charge in [-0.2, -0.15) is 0 Å². The summed E-state index contributed by atoms with van der Waals surface area (Å²) in [6.07, 6.45) is 2.08. The van der Waals surface area contributed by atoms with Crippen LogP contribution in [0, 0.1) is 0 Å². The maximum atomic E-state index is 11.7. The number of amides is 1. The number of carbonyl (C=O) groups is 2. The predicted molar refractivity (Wildman–Crippen MR) is 68.0 cm³/mol. The average molecular weight is 268 g/mol. The Kier molecular flexibility index (Phi) is 3.38. The van der Waals surface area contributed by atoms with Crippen molar-refractivity contribution in [2.75, 3.05) is 13.1 Å². The third-order valence-electron chi connectivity index (χ3n) is 2.54. The zero-order valence-corrected chi connectivity index (χ0v) is 11.5. The van der Waals surface area contributed by atoms with Crippen molar-refractivity contribution in [3.05, 3.63) is 16.1 Å². The number of carbonyl (C=O) groups excluding carboxylic acids is 2. The fourth-order valence-corrected chi connectivity index (χ4v) is 2.47. The van der Waals surface area contributed by atoms with Crippen molar-refractivity contribution < 1.29 is 14.3 Å². The van der Waals surface area contributed by atoms with Crippen molar-refractivity contribution in [3.8, 4) is 0 Å². The standard InChI is InChI=1S/C12H16N2O3S/c1-12(2,3)17-11(16)14-5-8(6-14)10-13-4-9(7-15)18-10/h4,7-8H,5-6H2,1-3H3. The van der Waals surface area contributed by atoms with Gasteiger partial charge in [0.05, 0.1) is 9.88 Å². The highest BCUT2D eigenvalue weighted by Gasteiger charge is 2.36. The van der Waals surface area contributed by atoms with Crippen molar-refractivity contribution in [3.63, 3.8) is 0 Å². The summed E-state index contributed by atoms with van der Waals surface area (Å²) in [7, 11) is 0. The quantitative estimate of drug-likeness (QED) is 0.772. The summed E-state index contributed by atoms with van der Waals surface area (Å²) in [5.41, 5.74) is -0.464. The predicted octanol–water partition coefficient (Wildman–Crippen LogP) is 2.29. The molecule has 5 nitrogen and oxygen atoms in total. The largest absolute Gasteiger partial charge is 0.444 e. The van der Waals surface area contributed by atoms with Crippen molar-refractivity contribution in [1.82, 2.24) is 9.88 Å². The second-order valence-corrected chi connectivity index (χ2v) is 6.39. The van der Waals surface area contributed by atoms with Crippen LogP contribution in [0.2, 0.25) is 0 Å². The Morgan fingerprint density at radius 1 is 1.56 bits per heavy atom. The molecular weight excluding hydrogens is 252 g/mol. The van der Waals surface area contributed by atoms with Crippen LogP contribution in [-0.2, 0) is 4.74 Å². The molecule has 0 unspecified atom stereocenters. The molecule has 98 valence electrons. The van der Waals surface area contributed by atoms with E-state index in [1.165, 1.54) is 11.3 Å². The minimum absolute atomic E-state index is 0.233. The fraction of sp³-hybridized carbons (Fsp3) is 0.583. The van der Waals surface area contributed by atoms with Crippen LogP contribution < -0.4 is 0 Å². The lowest BCUT2D eigenvalue weighted by molar-refractivity contribution is 0.00818. The van der Waals surface area contributed by atoms with Gasteiger partial charge in [0.1, 0.15) is 5.60 Å². The van der Waals surface area contributed by atoms with E-state index in [4.69, 9.17) is 4.74 Å². The maximum absolute atomic E-state index is 11.7. The van der Waals surface area contributed by atoms with Gasteiger partial charge in [-0.1, -0.05) is 0 Å². The number of ether oxygens (including phenoxy) is 1. The van der Waals surface area contributed by atoms with Gasteiger partial charge >= 0.3 is 6.09 Å². The molecule has 2 heterocycles. The van der Waals surface area contributed by atoms with E-state index in [2.05, 4.69) is 4.98 Å². The van der Waals surface area contributed by atoms with Crippen molar-refractivity contribution in [2.45, 2.75) is 32.3 Å². The van der Waals surface area contributed by atoms with Crippen LogP contribution in [0.1, 0.15) is 41.4 Å². The minimum atomic E-state index is -0.464. The molecule has 0 bridgehead atoms. The van der Waals surface area contributed by atoms with Gasteiger partial charge in [0.15, 0.2) is 6.29 Å². The first kappa shape index (κ1) is 13.0. The molecule has 1 aromatic rings. The molecule has 0 saturated carbocycles. The molecule has 1 saturated heterocycles. The molecular formula is C12H16N2O3S. The minimum Gasteiger partial charge on any atom is -0.444 e. The Morgan fingerprint density at radius 3 is 2.72 bits per heavy atom. The van der Waals surface area contributed by atoms with E-state index in [0.717, 1.165) is 11.3 Å². The van der Waals surface area contributed by atoms with Gasteiger partial charge in [0.25, 0.3) is 0 Å². The highest BCUT2D eigenvalue weighted by atomic mass is 32.1. The van der Waals surface area contributed by atoms with Gasteiger partial charge in [-0.25, -0.2) is 9.78 Å². The number of likely N-dealkylation sites (tertiary alicyclic amines) is 1. The van der Waals surface area contributed by atoms with Gasteiger partial charge in [-0.05, 0) is 20.8 Å². The Morgan fingerprint density at radius 2 is 2.22 bits per heavy atom. The number of nitrogens with zero attached hydrogens (tertiary/aromatic N) is 2. The normalized spacial score (nSPS) is 16.3. The van der Waals surface area contributed by atoms with Crippen LogP contribution in [0.4, 0.5) is 4.79 Å². The number of hydrogen-bond donors (Lipinski definition) is 0. The highest BCUT2D eigenvalue weighted by molar-refractivity contribution is 7.13. The first-order valence-corrected chi connectivity index (χ1v) is 6.59. The highest BCUT2D eigenvalue weighted by Crippen LogP contribution is 2.30. The molecule has 0 N–H and O–H groups in total. The van der Waals surface area contributed by atoms with Crippen molar-refractivity contribution >= 4 is 23.7 Å². The number of rotatable bonds is 2. The molecule has 1 aliphatic rings. The molecule has 6 heteroatoms. The Labute approximate surface area is 110 Å². The molecule has 0 radical (unpaired) electrons. The van der Waals surface area contributed by atoms with E-state index in [1.807, 2.05) is 20.8 Å². The molecule has 1 aromatic heterocycles. The number of aldehydes is 1. The molecule has 0 aromatic carbocycles. The summed E-state index contributed by atoms with van der Waals surface area (Å²) in [6.45, 7) is 6.76. The van der Waals surface area contributed by atoms with Gasteiger partial charge in [0.2, 0.25) is 0 Å². The summed E-state index contributed by atoms with van der Waals surface area (Å²) >= 11 is 1.39. The monoisotopic (exact) mass is 268 g/mol. The van der Waals surface area contributed by atoms with E-state index in [0.29, 0.717) is 18.0 Å². The lowest BCUT2D eigenvalue weighted by Gasteiger charge is -2.38. The molecule has 2 rings (SSSR count). The van der Waals surface area contributed by atoms with Gasteiger partial charge in [-0.3, -0.25) is 4.79 Å². The van der Waals surface area contributed by atoms with Gasteiger partial charge in [-0.15, -0.1) is 11.3 Å². The first-order chi connectivity index (χ1) is 8.39. The summed E-state index contributed by atoms with van der Waals surface area (Å²) in [6, 6.07) is 0. The Hall–Kier alpha value is -1.43. The van der Waals surface area contributed by atoms with Crippen LogP contribution in [0.3, 0.4) is 0 Å². The average Bonchev–Trinajstić information content (AvgIpc) is 2.60. The van der Waals surface area contributed by atoms with Gasteiger partial charge in [0, 0.05) is 25.2 Å². The number of hydrogen-bond acceptors (Lipinski definition) is 5. The van der Waals surface area contributed by atoms with E-state index in [9.17, 15) is 9.59 Å². The molecule has 0 aliphatic carbocycles. The van der Waals surface area contributed by atoms with Crippen LogP contribution in [0.5, 0.6) is 0 Å². The number of aromatic nitrogens is 1. The number of thiazole rings is 1. The lowest BCUT2D eigenvalue weighted by Crippen LogP contribution is -2.50. The van der Waals surface area contributed by atoms with E-state index in [1.54, 1.807) is 11.1 Å². The van der Waals surface area contributed by atoms with Crippen LogP contribution in [0.15, 0.2) is 6.20 Å². The molecule has 1 amide bonds. The van der Waals surface area contributed by atoms with Gasteiger partial charge < -0.3 is 9.64 Å². The molecule has 0 spiro atoms.